The number of amides is 1. The molecule has 25 heavy (non-hydrogen) atoms. The average Bonchev–Trinajstić information content (AvgIpc) is 3.16. The normalized spacial score (nSPS) is 13.7. The second-order valence-electron chi connectivity index (χ2n) is 6.20. The molecule has 0 radical (unpaired) electrons. The number of rotatable bonds is 6. The maximum atomic E-state index is 12.2. The van der Waals surface area contributed by atoms with Crippen molar-refractivity contribution in [2.24, 2.45) is 0 Å². The summed E-state index contributed by atoms with van der Waals surface area (Å²) in [5.74, 6) is 0.179. The molecule has 0 saturated carbocycles. The molecular weight excluding hydrogens is 318 g/mol. The summed E-state index contributed by atoms with van der Waals surface area (Å²) in [6.45, 7) is 2.12. The van der Waals surface area contributed by atoms with Gasteiger partial charge in [-0.3, -0.25) is 14.9 Å². The summed E-state index contributed by atoms with van der Waals surface area (Å²) in [6.07, 6.45) is 2.62. The molecule has 0 aliphatic carbocycles. The summed E-state index contributed by atoms with van der Waals surface area (Å²) in [5, 5.41) is 14.2. The standard InChI is InChI=1S/C19H21N3O3/c23-19(21-11-3-4-12-21)13-15-7-9-17(10-8-15)20-14-16-5-1-2-6-18(16)22(24)25/h1-2,5-10,20H,3-4,11-14H2. The predicted molar refractivity (Wildman–Crippen MR) is 96.4 cm³/mol. The first-order valence-electron chi connectivity index (χ1n) is 8.46. The summed E-state index contributed by atoms with van der Waals surface area (Å²) in [7, 11) is 0. The molecule has 2 aromatic carbocycles. The number of benzene rings is 2. The van der Waals surface area contributed by atoms with Gasteiger partial charge in [-0.2, -0.15) is 0 Å². The number of nitrogens with one attached hydrogen (secondary N) is 1. The van der Waals surface area contributed by atoms with Gasteiger partial charge in [0.25, 0.3) is 5.69 Å². The number of para-hydroxylation sites is 1. The zero-order valence-electron chi connectivity index (χ0n) is 14.0. The molecule has 130 valence electrons. The van der Waals surface area contributed by atoms with E-state index < -0.39 is 0 Å². The van der Waals surface area contributed by atoms with Crippen molar-refractivity contribution < 1.29 is 9.72 Å². The highest BCUT2D eigenvalue weighted by atomic mass is 16.6. The predicted octanol–water partition coefficient (Wildman–Crippen LogP) is 3.37. The third kappa shape index (κ3) is 4.35. The van der Waals surface area contributed by atoms with Gasteiger partial charge in [-0.1, -0.05) is 30.3 Å². The number of hydrogen-bond acceptors (Lipinski definition) is 4. The Morgan fingerprint density at radius 3 is 2.44 bits per heavy atom. The molecule has 2 aromatic rings. The molecule has 0 atom stereocenters. The van der Waals surface area contributed by atoms with Gasteiger partial charge in [0.05, 0.1) is 11.3 Å². The number of anilines is 1. The molecule has 0 spiro atoms. The van der Waals surface area contributed by atoms with Crippen LogP contribution in [-0.2, 0) is 17.8 Å². The molecule has 1 heterocycles. The smallest absolute Gasteiger partial charge is 0.274 e. The molecule has 1 saturated heterocycles. The van der Waals surface area contributed by atoms with Crippen LogP contribution in [0.4, 0.5) is 11.4 Å². The SMILES string of the molecule is O=C(Cc1ccc(NCc2ccccc2[N+](=O)[O-])cc1)N1CCCC1. The molecule has 0 unspecified atom stereocenters. The molecule has 0 aromatic heterocycles. The first-order chi connectivity index (χ1) is 12.1. The van der Waals surface area contributed by atoms with Crippen molar-refractivity contribution >= 4 is 17.3 Å². The third-order valence-electron chi connectivity index (χ3n) is 4.44. The lowest BCUT2D eigenvalue weighted by Gasteiger charge is -2.15. The summed E-state index contributed by atoms with van der Waals surface area (Å²) in [6, 6.07) is 14.4. The van der Waals surface area contributed by atoms with E-state index in [1.165, 1.54) is 6.07 Å². The van der Waals surface area contributed by atoms with Crippen molar-refractivity contribution in [3.63, 3.8) is 0 Å². The first kappa shape index (κ1) is 17.0. The van der Waals surface area contributed by atoms with E-state index in [1.54, 1.807) is 18.2 Å². The van der Waals surface area contributed by atoms with Crippen molar-refractivity contribution in [2.45, 2.75) is 25.8 Å². The van der Waals surface area contributed by atoms with Crippen LogP contribution >= 0.6 is 0 Å². The van der Waals surface area contributed by atoms with E-state index in [9.17, 15) is 14.9 Å². The second kappa shape index (κ2) is 7.79. The van der Waals surface area contributed by atoms with Gasteiger partial charge in [-0.15, -0.1) is 0 Å². The van der Waals surface area contributed by atoms with Crippen LogP contribution in [-0.4, -0.2) is 28.8 Å². The fourth-order valence-corrected chi connectivity index (χ4v) is 3.03. The Hall–Kier alpha value is -2.89. The number of carbonyl (C=O) groups is 1. The second-order valence-corrected chi connectivity index (χ2v) is 6.20. The van der Waals surface area contributed by atoms with Crippen LogP contribution < -0.4 is 5.32 Å². The van der Waals surface area contributed by atoms with E-state index in [1.807, 2.05) is 29.2 Å². The van der Waals surface area contributed by atoms with Gasteiger partial charge < -0.3 is 10.2 Å². The first-order valence-corrected chi connectivity index (χ1v) is 8.46. The number of hydrogen-bond donors (Lipinski definition) is 1. The van der Waals surface area contributed by atoms with Crippen LogP contribution in [0.15, 0.2) is 48.5 Å². The van der Waals surface area contributed by atoms with E-state index in [-0.39, 0.29) is 16.5 Å². The molecule has 6 heteroatoms. The summed E-state index contributed by atoms with van der Waals surface area (Å²) < 4.78 is 0. The molecule has 1 aliphatic heterocycles. The Kier molecular flexibility index (Phi) is 5.28. The Bertz CT molecular complexity index is 753. The molecule has 1 amide bonds. The fraction of sp³-hybridized carbons (Fsp3) is 0.316. The molecule has 3 rings (SSSR count). The summed E-state index contributed by atoms with van der Waals surface area (Å²) in [5.41, 5.74) is 2.60. The van der Waals surface area contributed by atoms with E-state index in [0.29, 0.717) is 18.5 Å². The lowest BCUT2D eigenvalue weighted by atomic mass is 10.1. The van der Waals surface area contributed by atoms with Crippen LogP contribution in [0.1, 0.15) is 24.0 Å². The summed E-state index contributed by atoms with van der Waals surface area (Å²) in [4.78, 5) is 24.7. The fourth-order valence-electron chi connectivity index (χ4n) is 3.03. The average molecular weight is 339 g/mol. The zero-order valence-corrected chi connectivity index (χ0v) is 14.0. The van der Waals surface area contributed by atoms with E-state index in [0.717, 1.165) is 37.2 Å². The highest BCUT2D eigenvalue weighted by Gasteiger charge is 2.17. The van der Waals surface area contributed by atoms with Gasteiger partial charge in [0, 0.05) is 37.0 Å². The van der Waals surface area contributed by atoms with Crippen LogP contribution in [0.2, 0.25) is 0 Å². The van der Waals surface area contributed by atoms with E-state index >= 15 is 0 Å². The number of nitro benzene ring substituents is 1. The third-order valence-corrected chi connectivity index (χ3v) is 4.44. The molecular formula is C19H21N3O3. The Morgan fingerprint density at radius 2 is 1.76 bits per heavy atom. The minimum Gasteiger partial charge on any atom is -0.381 e. The minimum atomic E-state index is -0.371. The molecule has 1 aliphatic rings. The van der Waals surface area contributed by atoms with Crippen molar-refractivity contribution in [1.82, 2.24) is 4.90 Å². The van der Waals surface area contributed by atoms with Gasteiger partial charge in [-0.25, -0.2) is 0 Å². The van der Waals surface area contributed by atoms with Crippen LogP contribution in [0, 0.1) is 10.1 Å². The van der Waals surface area contributed by atoms with Crippen molar-refractivity contribution in [1.29, 1.82) is 0 Å². The van der Waals surface area contributed by atoms with Gasteiger partial charge >= 0.3 is 0 Å². The van der Waals surface area contributed by atoms with Gasteiger partial charge in [0.2, 0.25) is 5.91 Å². The number of nitro groups is 1. The van der Waals surface area contributed by atoms with Crippen molar-refractivity contribution in [2.75, 3.05) is 18.4 Å². The van der Waals surface area contributed by atoms with Gasteiger partial charge in [0.1, 0.15) is 0 Å². The molecule has 1 fully saturated rings. The molecule has 0 bridgehead atoms. The quantitative estimate of drug-likeness (QED) is 0.647. The van der Waals surface area contributed by atoms with Crippen LogP contribution in [0.3, 0.4) is 0 Å². The number of carbonyl (C=O) groups excluding carboxylic acids is 1. The number of likely N-dealkylation sites (tertiary alicyclic amines) is 1. The lowest BCUT2D eigenvalue weighted by Crippen LogP contribution is -2.29. The minimum absolute atomic E-state index is 0.114. The molecule has 6 nitrogen and oxygen atoms in total. The van der Waals surface area contributed by atoms with Gasteiger partial charge in [0.15, 0.2) is 0 Å². The topological polar surface area (TPSA) is 75.5 Å². The van der Waals surface area contributed by atoms with E-state index in [4.69, 9.17) is 0 Å². The Labute approximate surface area is 146 Å². The van der Waals surface area contributed by atoms with Crippen LogP contribution in [0.5, 0.6) is 0 Å². The van der Waals surface area contributed by atoms with E-state index in [2.05, 4.69) is 5.32 Å². The summed E-state index contributed by atoms with van der Waals surface area (Å²) >= 11 is 0. The van der Waals surface area contributed by atoms with Crippen molar-refractivity contribution in [3.8, 4) is 0 Å². The Morgan fingerprint density at radius 1 is 1.08 bits per heavy atom. The van der Waals surface area contributed by atoms with Crippen molar-refractivity contribution in [3.05, 3.63) is 69.8 Å². The lowest BCUT2D eigenvalue weighted by molar-refractivity contribution is -0.385. The maximum absolute atomic E-state index is 12.2. The highest BCUT2D eigenvalue weighted by molar-refractivity contribution is 5.79. The van der Waals surface area contributed by atoms with Gasteiger partial charge in [-0.05, 0) is 30.5 Å². The highest BCUT2D eigenvalue weighted by Crippen LogP contribution is 2.20. The molecule has 1 N–H and O–H groups in total. The largest absolute Gasteiger partial charge is 0.381 e. The maximum Gasteiger partial charge on any atom is 0.274 e. The zero-order chi connectivity index (χ0) is 17.6. The Balaban J connectivity index is 1.58. The monoisotopic (exact) mass is 339 g/mol. The number of nitrogens with zero attached hydrogens (tertiary/aromatic N) is 2. The van der Waals surface area contributed by atoms with Crippen LogP contribution in [0.25, 0.3) is 0 Å².